The maximum Gasteiger partial charge on any atom is 0.269 e. The van der Waals surface area contributed by atoms with Crippen molar-refractivity contribution < 1.29 is 4.79 Å². The topological polar surface area (TPSA) is 83.8 Å². The van der Waals surface area contributed by atoms with Gasteiger partial charge in [0.25, 0.3) is 5.91 Å². The number of aromatic amines is 1. The number of aryl methyl sites for hydroxylation is 1. The Hall–Kier alpha value is -1.85. The van der Waals surface area contributed by atoms with Crippen LogP contribution in [0, 0.1) is 6.92 Å². The molecule has 0 bridgehead atoms. The summed E-state index contributed by atoms with van der Waals surface area (Å²) in [6, 6.07) is 7.08. The van der Waals surface area contributed by atoms with Gasteiger partial charge in [0, 0.05) is 16.3 Å². The van der Waals surface area contributed by atoms with Crippen molar-refractivity contribution >= 4 is 17.5 Å². The van der Waals surface area contributed by atoms with Crippen LogP contribution >= 0.6 is 11.6 Å². The molecule has 6 heteroatoms. The number of nitrogens with zero attached hydrogens (tertiary/aromatic N) is 1. The fourth-order valence-electron chi connectivity index (χ4n) is 1.60. The molecular weight excluding hydrogens is 240 g/mol. The molecule has 0 aliphatic carbocycles. The highest BCUT2D eigenvalue weighted by atomic mass is 35.5. The number of nitrogens with one attached hydrogen (secondary N) is 2. The van der Waals surface area contributed by atoms with Crippen molar-refractivity contribution in [3.05, 3.63) is 40.5 Å². The molecule has 1 aromatic heterocycles. The summed E-state index contributed by atoms with van der Waals surface area (Å²) >= 11 is 5.81. The van der Waals surface area contributed by atoms with Gasteiger partial charge in [-0.25, -0.2) is 5.84 Å². The van der Waals surface area contributed by atoms with Crippen molar-refractivity contribution in [1.82, 2.24) is 15.6 Å². The minimum Gasteiger partial charge on any atom is -0.290 e. The Labute approximate surface area is 103 Å². The first-order chi connectivity index (χ1) is 8.13. The largest absolute Gasteiger partial charge is 0.290 e. The van der Waals surface area contributed by atoms with E-state index in [-0.39, 0.29) is 5.91 Å². The molecule has 0 aliphatic heterocycles. The number of nitrogen functional groups attached to an aromatic ring is 1. The number of carbonyl (C=O) groups excluding carboxylic acids is 1. The number of hydrazine groups is 1. The average molecular weight is 251 g/mol. The molecule has 1 aromatic carbocycles. The Balaban J connectivity index is 2.52. The van der Waals surface area contributed by atoms with Gasteiger partial charge in [0.05, 0.1) is 5.56 Å². The first-order valence-corrected chi connectivity index (χ1v) is 5.33. The number of rotatable bonds is 2. The molecule has 5 nitrogen and oxygen atoms in total. The number of H-pyrrole nitrogens is 1. The molecule has 0 saturated carbocycles. The molecule has 4 N–H and O–H groups in total. The van der Waals surface area contributed by atoms with Crippen LogP contribution in [-0.2, 0) is 0 Å². The third-order valence-corrected chi connectivity index (χ3v) is 2.68. The summed E-state index contributed by atoms with van der Waals surface area (Å²) in [7, 11) is 0. The lowest BCUT2D eigenvalue weighted by molar-refractivity contribution is 0.0954. The number of hydrogen-bond donors (Lipinski definition) is 3. The Kier molecular flexibility index (Phi) is 3.12. The van der Waals surface area contributed by atoms with Crippen molar-refractivity contribution in [2.24, 2.45) is 5.84 Å². The normalized spacial score (nSPS) is 10.3. The van der Waals surface area contributed by atoms with Gasteiger partial charge in [0.15, 0.2) is 0 Å². The number of aromatic nitrogens is 2. The van der Waals surface area contributed by atoms with Crippen molar-refractivity contribution in [3.63, 3.8) is 0 Å². The molecule has 2 aromatic rings. The lowest BCUT2D eigenvalue weighted by Gasteiger charge is -2.02. The van der Waals surface area contributed by atoms with Crippen molar-refractivity contribution in [3.8, 4) is 11.3 Å². The van der Waals surface area contributed by atoms with Crippen molar-refractivity contribution in [1.29, 1.82) is 0 Å². The van der Waals surface area contributed by atoms with Gasteiger partial charge in [-0.1, -0.05) is 23.7 Å². The van der Waals surface area contributed by atoms with E-state index in [1.807, 2.05) is 0 Å². The zero-order chi connectivity index (χ0) is 12.4. The second kappa shape index (κ2) is 4.57. The summed E-state index contributed by atoms with van der Waals surface area (Å²) in [6.07, 6.45) is 0. The van der Waals surface area contributed by atoms with Gasteiger partial charge >= 0.3 is 0 Å². The lowest BCUT2D eigenvalue weighted by Crippen LogP contribution is -2.30. The molecule has 0 spiro atoms. The third kappa shape index (κ3) is 2.15. The molecular formula is C11H11ClN4O. The summed E-state index contributed by atoms with van der Waals surface area (Å²) in [4.78, 5) is 11.6. The Bertz CT molecular complexity index is 547. The molecule has 0 radical (unpaired) electrons. The highest BCUT2D eigenvalue weighted by Crippen LogP contribution is 2.24. The summed E-state index contributed by atoms with van der Waals surface area (Å²) < 4.78 is 0. The van der Waals surface area contributed by atoms with E-state index in [0.717, 1.165) is 5.56 Å². The number of benzene rings is 1. The second-order valence-electron chi connectivity index (χ2n) is 3.55. The van der Waals surface area contributed by atoms with E-state index in [0.29, 0.717) is 22.0 Å². The van der Waals surface area contributed by atoms with Crippen LogP contribution in [0.25, 0.3) is 11.3 Å². The highest BCUT2D eigenvalue weighted by molar-refractivity contribution is 6.30. The second-order valence-corrected chi connectivity index (χ2v) is 3.99. The predicted octanol–water partition coefficient (Wildman–Crippen LogP) is 1.64. The summed E-state index contributed by atoms with van der Waals surface area (Å²) in [6.45, 7) is 1.76. The van der Waals surface area contributed by atoms with Crippen LogP contribution < -0.4 is 11.3 Å². The van der Waals surface area contributed by atoms with Crippen molar-refractivity contribution in [2.75, 3.05) is 0 Å². The van der Waals surface area contributed by atoms with Gasteiger partial charge in [-0.05, 0) is 19.1 Å². The number of halogens is 1. The number of amides is 1. The molecule has 1 heterocycles. The Morgan fingerprint density at radius 2 is 2.06 bits per heavy atom. The maximum atomic E-state index is 11.6. The zero-order valence-corrected chi connectivity index (χ0v) is 9.88. The standard InChI is InChI=1S/C11H11ClN4O/c1-6-9(11(17)14-13)10(16-15-6)7-2-4-8(12)5-3-7/h2-5H,13H2,1H3,(H,14,17)(H,15,16). The van der Waals surface area contributed by atoms with Crippen molar-refractivity contribution in [2.45, 2.75) is 6.92 Å². The molecule has 0 saturated heterocycles. The van der Waals surface area contributed by atoms with Crippen LogP contribution in [0.2, 0.25) is 5.02 Å². The minimum absolute atomic E-state index is 0.374. The molecule has 0 atom stereocenters. The first-order valence-electron chi connectivity index (χ1n) is 4.95. The van der Waals surface area contributed by atoms with Crippen LogP contribution in [0.15, 0.2) is 24.3 Å². The fourth-order valence-corrected chi connectivity index (χ4v) is 1.72. The predicted molar refractivity (Wildman–Crippen MR) is 65.4 cm³/mol. The molecule has 0 fully saturated rings. The van der Waals surface area contributed by atoms with Crippen LogP contribution in [0.3, 0.4) is 0 Å². The summed E-state index contributed by atoms with van der Waals surface area (Å²) in [5.74, 6) is 4.77. The van der Waals surface area contributed by atoms with E-state index in [2.05, 4.69) is 15.6 Å². The molecule has 2 rings (SSSR count). The molecule has 0 unspecified atom stereocenters. The smallest absolute Gasteiger partial charge is 0.269 e. The molecule has 0 aliphatic rings. The average Bonchev–Trinajstić information content (AvgIpc) is 2.71. The van der Waals surface area contributed by atoms with Gasteiger partial charge in [-0.15, -0.1) is 0 Å². The summed E-state index contributed by atoms with van der Waals surface area (Å²) in [5, 5.41) is 7.50. The molecule has 88 valence electrons. The van der Waals surface area contributed by atoms with E-state index in [4.69, 9.17) is 17.4 Å². The first kappa shape index (κ1) is 11.6. The van der Waals surface area contributed by atoms with E-state index in [1.54, 1.807) is 31.2 Å². The van der Waals surface area contributed by atoms with Gasteiger partial charge in [0.2, 0.25) is 0 Å². The maximum absolute atomic E-state index is 11.6. The van der Waals surface area contributed by atoms with Crippen LogP contribution in [0.5, 0.6) is 0 Å². The fraction of sp³-hybridized carbons (Fsp3) is 0.0909. The van der Waals surface area contributed by atoms with Crippen LogP contribution in [-0.4, -0.2) is 16.1 Å². The van der Waals surface area contributed by atoms with E-state index in [1.165, 1.54) is 0 Å². The quantitative estimate of drug-likeness (QED) is 0.430. The van der Waals surface area contributed by atoms with Gasteiger partial charge in [-0.3, -0.25) is 15.3 Å². The molecule has 1 amide bonds. The minimum atomic E-state index is -0.374. The van der Waals surface area contributed by atoms with E-state index in [9.17, 15) is 4.79 Å². The van der Waals surface area contributed by atoms with Gasteiger partial charge < -0.3 is 0 Å². The molecule has 17 heavy (non-hydrogen) atoms. The van der Waals surface area contributed by atoms with Crippen LogP contribution in [0.1, 0.15) is 16.1 Å². The van der Waals surface area contributed by atoms with Gasteiger partial charge in [-0.2, -0.15) is 5.10 Å². The Morgan fingerprint density at radius 3 is 2.65 bits per heavy atom. The Morgan fingerprint density at radius 1 is 1.41 bits per heavy atom. The van der Waals surface area contributed by atoms with Gasteiger partial charge in [0.1, 0.15) is 5.69 Å². The zero-order valence-electron chi connectivity index (χ0n) is 9.12. The van der Waals surface area contributed by atoms with E-state index < -0.39 is 0 Å². The number of nitrogens with two attached hydrogens (primary N) is 1. The SMILES string of the molecule is Cc1[nH]nc(-c2ccc(Cl)cc2)c1C(=O)NN. The number of carbonyl (C=O) groups is 1. The summed E-state index contributed by atoms with van der Waals surface area (Å²) in [5.41, 5.74) is 4.57. The third-order valence-electron chi connectivity index (χ3n) is 2.42. The van der Waals surface area contributed by atoms with Crippen LogP contribution in [0.4, 0.5) is 0 Å². The van der Waals surface area contributed by atoms with E-state index >= 15 is 0 Å². The number of hydrogen-bond acceptors (Lipinski definition) is 3. The lowest BCUT2D eigenvalue weighted by atomic mass is 10.1. The highest BCUT2D eigenvalue weighted by Gasteiger charge is 2.18. The monoisotopic (exact) mass is 250 g/mol.